The Morgan fingerprint density at radius 3 is 2.86 bits per heavy atom. The summed E-state index contributed by atoms with van der Waals surface area (Å²) in [5, 5.41) is 2.06. The lowest BCUT2D eigenvalue weighted by Gasteiger charge is -2.31. The molecule has 2 aromatic rings. The lowest BCUT2D eigenvalue weighted by atomic mass is 9.93. The van der Waals surface area contributed by atoms with E-state index in [4.69, 9.17) is 0 Å². The van der Waals surface area contributed by atoms with Gasteiger partial charge in [0.05, 0.1) is 5.69 Å². The van der Waals surface area contributed by atoms with E-state index in [-0.39, 0.29) is 5.91 Å². The molecule has 0 aliphatic carbocycles. The molecule has 0 bridgehead atoms. The molecule has 5 heteroatoms. The number of aryl methyl sites for hydroxylation is 1. The van der Waals surface area contributed by atoms with Gasteiger partial charge in [-0.1, -0.05) is 6.07 Å². The topological polar surface area (TPSA) is 46.1 Å². The van der Waals surface area contributed by atoms with Crippen molar-refractivity contribution < 1.29 is 4.79 Å². The Labute approximate surface area is 128 Å². The number of nitrogens with zero attached hydrogens (tertiary/aromatic N) is 3. The van der Waals surface area contributed by atoms with Gasteiger partial charge in [-0.25, -0.2) is 0 Å². The zero-order valence-electron chi connectivity index (χ0n) is 11.9. The summed E-state index contributed by atoms with van der Waals surface area (Å²) in [5.41, 5.74) is 1.06. The molecule has 0 N–H and O–H groups in total. The Kier molecular flexibility index (Phi) is 4.60. The first-order valence-electron chi connectivity index (χ1n) is 7.39. The summed E-state index contributed by atoms with van der Waals surface area (Å²) >= 11 is 1.72. The summed E-state index contributed by atoms with van der Waals surface area (Å²) in [6, 6.07) is 4.13. The van der Waals surface area contributed by atoms with Crippen LogP contribution in [0.25, 0.3) is 0 Å². The number of thiophene rings is 1. The number of rotatable bonds is 4. The predicted molar refractivity (Wildman–Crippen MR) is 83.2 cm³/mol. The van der Waals surface area contributed by atoms with Gasteiger partial charge in [0.1, 0.15) is 0 Å². The van der Waals surface area contributed by atoms with Gasteiger partial charge in [-0.15, -0.1) is 11.3 Å². The number of likely N-dealkylation sites (tertiary alicyclic amines) is 1. The molecular formula is C16H19N3OS. The molecule has 0 atom stereocenters. The summed E-state index contributed by atoms with van der Waals surface area (Å²) in [6.07, 6.45) is 8.75. The second kappa shape index (κ2) is 6.80. The van der Waals surface area contributed by atoms with Crippen molar-refractivity contribution in [3.63, 3.8) is 0 Å². The summed E-state index contributed by atoms with van der Waals surface area (Å²) in [4.78, 5) is 24.0. The van der Waals surface area contributed by atoms with Crippen LogP contribution in [0.3, 0.4) is 0 Å². The summed E-state index contributed by atoms with van der Waals surface area (Å²) in [5.74, 6) is 0.723. The van der Waals surface area contributed by atoms with E-state index in [0.29, 0.717) is 12.3 Å². The molecule has 3 heterocycles. The van der Waals surface area contributed by atoms with Crippen molar-refractivity contribution in [3.8, 4) is 0 Å². The summed E-state index contributed by atoms with van der Waals surface area (Å²) in [7, 11) is 0. The minimum atomic E-state index is 0.279. The first-order chi connectivity index (χ1) is 10.3. The maximum Gasteiger partial charge on any atom is 0.222 e. The fourth-order valence-corrected chi connectivity index (χ4v) is 3.50. The third kappa shape index (κ3) is 3.67. The van der Waals surface area contributed by atoms with E-state index >= 15 is 0 Å². The maximum atomic E-state index is 12.2. The molecule has 0 unspecified atom stereocenters. The second-order valence-corrected chi connectivity index (χ2v) is 6.40. The minimum absolute atomic E-state index is 0.279. The van der Waals surface area contributed by atoms with Crippen molar-refractivity contribution >= 4 is 17.2 Å². The molecule has 110 valence electrons. The Balaban J connectivity index is 1.48. The lowest BCUT2D eigenvalue weighted by molar-refractivity contribution is -0.132. The van der Waals surface area contributed by atoms with Crippen LogP contribution in [0.2, 0.25) is 0 Å². The highest BCUT2D eigenvalue weighted by atomic mass is 32.1. The van der Waals surface area contributed by atoms with E-state index < -0.39 is 0 Å². The van der Waals surface area contributed by atoms with Gasteiger partial charge in [0, 0.05) is 48.9 Å². The van der Waals surface area contributed by atoms with Gasteiger partial charge in [-0.05, 0) is 30.7 Å². The van der Waals surface area contributed by atoms with E-state index in [9.17, 15) is 4.79 Å². The first-order valence-corrected chi connectivity index (χ1v) is 8.27. The van der Waals surface area contributed by atoms with Crippen molar-refractivity contribution in [2.24, 2.45) is 0 Å². The van der Waals surface area contributed by atoms with E-state index in [2.05, 4.69) is 21.4 Å². The van der Waals surface area contributed by atoms with Crippen LogP contribution in [0.1, 0.15) is 35.8 Å². The van der Waals surface area contributed by atoms with Gasteiger partial charge in [0.25, 0.3) is 0 Å². The van der Waals surface area contributed by atoms with Gasteiger partial charge in [0.15, 0.2) is 0 Å². The van der Waals surface area contributed by atoms with Crippen LogP contribution in [0.5, 0.6) is 0 Å². The van der Waals surface area contributed by atoms with Crippen LogP contribution >= 0.6 is 11.3 Å². The SMILES string of the molecule is O=C(CCc1cccs1)N1CCC(c2cnccn2)CC1. The van der Waals surface area contributed by atoms with Crippen molar-refractivity contribution in [2.75, 3.05) is 13.1 Å². The molecular weight excluding hydrogens is 282 g/mol. The molecule has 4 nitrogen and oxygen atoms in total. The van der Waals surface area contributed by atoms with Crippen LogP contribution in [-0.2, 0) is 11.2 Å². The molecule has 0 saturated carbocycles. The monoisotopic (exact) mass is 301 g/mol. The Hall–Kier alpha value is -1.75. The molecule has 1 aliphatic heterocycles. The molecule has 0 spiro atoms. The van der Waals surface area contributed by atoms with Crippen molar-refractivity contribution in [2.45, 2.75) is 31.6 Å². The first kappa shape index (κ1) is 14.2. The van der Waals surface area contributed by atoms with Gasteiger partial charge >= 0.3 is 0 Å². The summed E-state index contributed by atoms with van der Waals surface area (Å²) in [6.45, 7) is 1.68. The molecule has 21 heavy (non-hydrogen) atoms. The highest BCUT2D eigenvalue weighted by Crippen LogP contribution is 2.26. The summed E-state index contributed by atoms with van der Waals surface area (Å²) < 4.78 is 0. The number of amides is 1. The number of aromatic nitrogens is 2. The standard InChI is InChI=1S/C16H19N3OS/c20-16(4-3-14-2-1-11-21-14)19-9-5-13(6-10-19)15-12-17-7-8-18-15/h1-2,7-8,11-13H,3-6,9-10H2. The second-order valence-electron chi connectivity index (χ2n) is 5.36. The number of hydrogen-bond acceptors (Lipinski definition) is 4. The quantitative estimate of drug-likeness (QED) is 0.872. The zero-order chi connectivity index (χ0) is 14.5. The third-order valence-electron chi connectivity index (χ3n) is 4.01. The van der Waals surface area contributed by atoms with Crippen molar-refractivity contribution in [1.82, 2.24) is 14.9 Å². The Morgan fingerprint density at radius 2 is 2.19 bits per heavy atom. The van der Waals surface area contributed by atoms with E-state index in [0.717, 1.165) is 38.0 Å². The molecule has 0 radical (unpaired) electrons. The van der Waals surface area contributed by atoms with E-state index in [1.54, 1.807) is 23.7 Å². The molecule has 3 rings (SSSR count). The van der Waals surface area contributed by atoms with Crippen LogP contribution in [-0.4, -0.2) is 33.9 Å². The number of carbonyl (C=O) groups is 1. The van der Waals surface area contributed by atoms with Gasteiger partial charge in [-0.3, -0.25) is 14.8 Å². The number of carbonyl (C=O) groups excluding carboxylic acids is 1. The zero-order valence-corrected chi connectivity index (χ0v) is 12.8. The third-order valence-corrected chi connectivity index (χ3v) is 4.95. The maximum absolute atomic E-state index is 12.2. The fourth-order valence-electron chi connectivity index (χ4n) is 2.79. The van der Waals surface area contributed by atoms with Gasteiger partial charge in [-0.2, -0.15) is 0 Å². The molecule has 1 fully saturated rings. The average molecular weight is 301 g/mol. The van der Waals surface area contributed by atoms with Crippen LogP contribution in [0.15, 0.2) is 36.1 Å². The fraction of sp³-hybridized carbons (Fsp3) is 0.438. The van der Waals surface area contributed by atoms with E-state index in [1.807, 2.05) is 17.2 Å². The van der Waals surface area contributed by atoms with Gasteiger partial charge in [0.2, 0.25) is 5.91 Å². The van der Waals surface area contributed by atoms with Crippen LogP contribution in [0.4, 0.5) is 0 Å². The Morgan fingerprint density at radius 1 is 1.33 bits per heavy atom. The van der Waals surface area contributed by atoms with E-state index in [1.165, 1.54) is 4.88 Å². The number of hydrogen-bond donors (Lipinski definition) is 0. The molecule has 0 aromatic carbocycles. The Bertz CT molecular complexity index is 562. The largest absolute Gasteiger partial charge is 0.343 e. The highest BCUT2D eigenvalue weighted by molar-refractivity contribution is 7.09. The molecule has 1 saturated heterocycles. The predicted octanol–water partition coefficient (Wildman–Crippen LogP) is 2.88. The number of piperidine rings is 1. The smallest absolute Gasteiger partial charge is 0.222 e. The minimum Gasteiger partial charge on any atom is -0.343 e. The highest BCUT2D eigenvalue weighted by Gasteiger charge is 2.24. The van der Waals surface area contributed by atoms with Crippen molar-refractivity contribution in [3.05, 3.63) is 46.7 Å². The van der Waals surface area contributed by atoms with Crippen molar-refractivity contribution in [1.29, 1.82) is 0 Å². The molecule has 1 aliphatic rings. The molecule has 1 amide bonds. The van der Waals surface area contributed by atoms with Crippen LogP contribution in [0, 0.1) is 0 Å². The van der Waals surface area contributed by atoms with Crippen LogP contribution < -0.4 is 0 Å². The average Bonchev–Trinajstić information content (AvgIpc) is 3.07. The van der Waals surface area contributed by atoms with Gasteiger partial charge < -0.3 is 4.90 Å². The lowest BCUT2D eigenvalue weighted by Crippen LogP contribution is -2.38. The normalized spacial score (nSPS) is 16.1. The molecule has 2 aromatic heterocycles.